The third-order valence-corrected chi connectivity index (χ3v) is 2.28. The predicted molar refractivity (Wildman–Crippen MR) is 55.4 cm³/mol. The van der Waals surface area contributed by atoms with Crippen LogP contribution in [0.25, 0.3) is 0 Å². The number of rotatable bonds is 3. The van der Waals surface area contributed by atoms with Crippen LogP contribution in [0.5, 0.6) is 0 Å². The van der Waals surface area contributed by atoms with Crippen LogP contribution >= 0.6 is 0 Å². The summed E-state index contributed by atoms with van der Waals surface area (Å²) in [5.41, 5.74) is -1.97. The Hall–Kier alpha value is -1.46. The highest BCUT2D eigenvalue weighted by Crippen LogP contribution is 2.35. The van der Waals surface area contributed by atoms with Crippen molar-refractivity contribution < 1.29 is 26.7 Å². The van der Waals surface area contributed by atoms with Crippen molar-refractivity contribution in [1.82, 2.24) is 0 Å². The third kappa shape index (κ3) is 3.78. The van der Waals surface area contributed by atoms with Gasteiger partial charge in [-0.05, 0) is 30.7 Å². The molecule has 18 heavy (non-hydrogen) atoms. The Bertz CT molecular complexity index is 424. The van der Waals surface area contributed by atoms with E-state index in [0.717, 1.165) is 12.1 Å². The zero-order valence-electron chi connectivity index (χ0n) is 9.74. The molecule has 0 aliphatic rings. The van der Waals surface area contributed by atoms with E-state index in [4.69, 9.17) is 0 Å². The van der Waals surface area contributed by atoms with Crippen molar-refractivity contribution in [2.45, 2.75) is 32.4 Å². The zero-order valence-corrected chi connectivity index (χ0v) is 9.74. The second kappa shape index (κ2) is 4.66. The molecule has 0 radical (unpaired) electrons. The summed E-state index contributed by atoms with van der Waals surface area (Å²) in [5.74, 6) is -3.77. The summed E-state index contributed by atoms with van der Waals surface area (Å²) in [5, 5.41) is 0. The van der Waals surface area contributed by atoms with Gasteiger partial charge < -0.3 is 0 Å². The van der Waals surface area contributed by atoms with Gasteiger partial charge in [0.1, 0.15) is 5.78 Å². The average Bonchev–Trinajstić information content (AvgIpc) is 2.13. The Morgan fingerprint density at radius 1 is 1.06 bits per heavy atom. The highest BCUT2D eigenvalue weighted by atomic mass is 19.4. The minimum Gasteiger partial charge on any atom is -0.300 e. The van der Waals surface area contributed by atoms with Crippen LogP contribution in [-0.2, 0) is 23.3 Å². The van der Waals surface area contributed by atoms with Gasteiger partial charge in [-0.15, -0.1) is 0 Å². The standard InChI is InChI=1S/C12H11F5O/c1-7(18)3-8-4-9(11(2,13)14)6-10(5-8)12(15,16)17/h4-6H,3H2,1-2H3. The maximum Gasteiger partial charge on any atom is 0.416 e. The SMILES string of the molecule is CC(=O)Cc1cc(C(C)(F)F)cc(C(F)(F)F)c1. The topological polar surface area (TPSA) is 17.1 Å². The molecule has 1 aromatic rings. The van der Waals surface area contributed by atoms with Gasteiger partial charge in [0.05, 0.1) is 5.56 Å². The van der Waals surface area contributed by atoms with E-state index in [1.165, 1.54) is 6.92 Å². The van der Waals surface area contributed by atoms with Gasteiger partial charge in [0, 0.05) is 18.9 Å². The molecule has 0 N–H and O–H groups in total. The molecule has 1 aromatic carbocycles. The van der Waals surface area contributed by atoms with Crippen molar-refractivity contribution in [3.63, 3.8) is 0 Å². The van der Waals surface area contributed by atoms with E-state index < -0.39 is 23.2 Å². The van der Waals surface area contributed by atoms with Gasteiger partial charge in [0.2, 0.25) is 0 Å². The van der Waals surface area contributed by atoms with E-state index in [2.05, 4.69) is 0 Å². The number of halogens is 5. The number of ketones is 1. The summed E-state index contributed by atoms with van der Waals surface area (Å²) in [6, 6.07) is 2.05. The van der Waals surface area contributed by atoms with Crippen molar-refractivity contribution in [1.29, 1.82) is 0 Å². The Morgan fingerprint density at radius 3 is 1.94 bits per heavy atom. The molecule has 1 nitrogen and oxygen atoms in total. The largest absolute Gasteiger partial charge is 0.416 e. The number of Topliss-reactive ketones (excluding diaryl/α,β-unsaturated/α-hetero) is 1. The molecule has 0 spiro atoms. The Kier molecular flexibility index (Phi) is 3.78. The van der Waals surface area contributed by atoms with Crippen molar-refractivity contribution >= 4 is 5.78 Å². The van der Waals surface area contributed by atoms with Gasteiger partial charge in [0.25, 0.3) is 5.92 Å². The van der Waals surface area contributed by atoms with Crippen LogP contribution in [0, 0.1) is 0 Å². The van der Waals surface area contributed by atoms with Crippen LogP contribution in [-0.4, -0.2) is 5.78 Å². The molecule has 0 fully saturated rings. The summed E-state index contributed by atoms with van der Waals surface area (Å²) in [6.45, 7) is 1.70. The molecule has 0 unspecified atom stereocenters. The van der Waals surface area contributed by atoms with Crippen molar-refractivity contribution in [2.24, 2.45) is 0 Å². The lowest BCUT2D eigenvalue weighted by Crippen LogP contribution is -2.13. The first-order chi connectivity index (χ1) is 8.00. The van der Waals surface area contributed by atoms with Crippen molar-refractivity contribution in [3.8, 4) is 0 Å². The van der Waals surface area contributed by atoms with Crippen LogP contribution in [0.1, 0.15) is 30.5 Å². The summed E-state index contributed by atoms with van der Waals surface area (Å²) in [4.78, 5) is 10.9. The number of carbonyl (C=O) groups excluding carboxylic acids is 1. The van der Waals surface area contributed by atoms with E-state index in [0.29, 0.717) is 13.0 Å². The predicted octanol–water partition coefficient (Wildman–Crippen LogP) is 3.95. The second-order valence-electron chi connectivity index (χ2n) is 4.18. The molecule has 0 aliphatic carbocycles. The molecule has 0 saturated carbocycles. The molecule has 0 atom stereocenters. The summed E-state index contributed by atoms with van der Waals surface area (Å²) >= 11 is 0. The zero-order chi connectivity index (χ0) is 14.1. The van der Waals surface area contributed by atoms with Crippen LogP contribution in [0.4, 0.5) is 22.0 Å². The normalized spacial score (nSPS) is 12.6. The number of carbonyl (C=O) groups is 1. The van der Waals surface area contributed by atoms with Crippen LogP contribution in [0.2, 0.25) is 0 Å². The van der Waals surface area contributed by atoms with Crippen molar-refractivity contribution in [3.05, 3.63) is 34.9 Å². The van der Waals surface area contributed by atoms with E-state index in [-0.39, 0.29) is 17.8 Å². The maximum atomic E-state index is 13.1. The van der Waals surface area contributed by atoms with E-state index >= 15 is 0 Å². The van der Waals surface area contributed by atoms with Crippen LogP contribution in [0.3, 0.4) is 0 Å². The fraction of sp³-hybridized carbons (Fsp3) is 0.417. The van der Waals surface area contributed by atoms with Gasteiger partial charge in [-0.2, -0.15) is 13.2 Å². The minimum atomic E-state index is -4.72. The van der Waals surface area contributed by atoms with Crippen LogP contribution < -0.4 is 0 Å². The molecule has 0 saturated heterocycles. The second-order valence-corrected chi connectivity index (χ2v) is 4.18. The molecular formula is C12H11F5O. The summed E-state index contributed by atoms with van der Waals surface area (Å²) in [6.07, 6.45) is -5.01. The van der Waals surface area contributed by atoms with Gasteiger partial charge >= 0.3 is 6.18 Å². The Labute approximate surface area is 101 Å². The quantitative estimate of drug-likeness (QED) is 0.757. The first-order valence-corrected chi connectivity index (χ1v) is 5.09. The monoisotopic (exact) mass is 266 g/mol. The van der Waals surface area contributed by atoms with Gasteiger partial charge in [-0.3, -0.25) is 4.79 Å². The molecule has 1 rings (SSSR count). The average molecular weight is 266 g/mol. The van der Waals surface area contributed by atoms with Crippen LogP contribution in [0.15, 0.2) is 18.2 Å². The summed E-state index contributed by atoms with van der Waals surface area (Å²) in [7, 11) is 0. The minimum absolute atomic E-state index is 0.0612. The Balaban J connectivity index is 3.34. The molecular weight excluding hydrogens is 255 g/mol. The molecule has 0 aromatic heterocycles. The molecule has 100 valence electrons. The van der Waals surface area contributed by atoms with E-state index in [1.807, 2.05) is 0 Å². The number of hydrogen-bond acceptors (Lipinski definition) is 1. The molecule has 0 amide bonds. The van der Waals surface area contributed by atoms with E-state index in [9.17, 15) is 26.7 Å². The molecule has 0 bridgehead atoms. The number of benzene rings is 1. The molecule has 6 heteroatoms. The number of alkyl halides is 5. The number of hydrogen-bond donors (Lipinski definition) is 0. The van der Waals surface area contributed by atoms with Gasteiger partial charge in [0.15, 0.2) is 0 Å². The fourth-order valence-corrected chi connectivity index (χ4v) is 1.50. The first-order valence-electron chi connectivity index (χ1n) is 5.09. The molecule has 0 heterocycles. The fourth-order valence-electron chi connectivity index (χ4n) is 1.50. The van der Waals surface area contributed by atoms with E-state index in [1.54, 1.807) is 0 Å². The molecule has 0 aliphatic heterocycles. The highest BCUT2D eigenvalue weighted by Gasteiger charge is 2.34. The smallest absolute Gasteiger partial charge is 0.300 e. The third-order valence-electron chi connectivity index (χ3n) is 2.28. The maximum absolute atomic E-state index is 13.1. The first kappa shape index (κ1) is 14.6. The lowest BCUT2D eigenvalue weighted by molar-refractivity contribution is -0.138. The summed E-state index contributed by atoms with van der Waals surface area (Å²) < 4.78 is 63.8. The van der Waals surface area contributed by atoms with Gasteiger partial charge in [-0.1, -0.05) is 0 Å². The Morgan fingerprint density at radius 2 is 1.56 bits per heavy atom. The lowest BCUT2D eigenvalue weighted by Gasteiger charge is -2.15. The van der Waals surface area contributed by atoms with Crippen molar-refractivity contribution in [2.75, 3.05) is 0 Å². The van der Waals surface area contributed by atoms with Gasteiger partial charge in [-0.25, -0.2) is 8.78 Å². The highest BCUT2D eigenvalue weighted by molar-refractivity contribution is 5.78. The lowest BCUT2D eigenvalue weighted by atomic mass is 9.99.